The van der Waals surface area contributed by atoms with Crippen LogP contribution in [0.2, 0.25) is 0 Å². The zero-order valence-electron chi connectivity index (χ0n) is 8.87. The standard InChI is InChI=1S/C11H13F4N/c1-2-3-4-8(16)9-10(14)6(12)5-7(13)11(9)15/h5,8H,2-4,16H2,1H3/t8-/m1/s1. The molecule has 0 saturated heterocycles. The van der Waals surface area contributed by atoms with Gasteiger partial charge in [-0.1, -0.05) is 19.8 Å². The molecule has 1 rings (SSSR count). The Morgan fingerprint density at radius 3 is 2.06 bits per heavy atom. The summed E-state index contributed by atoms with van der Waals surface area (Å²) in [5, 5.41) is 0. The molecule has 0 aromatic heterocycles. The van der Waals surface area contributed by atoms with Gasteiger partial charge in [0.25, 0.3) is 0 Å². The highest BCUT2D eigenvalue weighted by atomic mass is 19.2. The molecule has 90 valence electrons. The molecule has 0 unspecified atom stereocenters. The van der Waals surface area contributed by atoms with Crippen molar-refractivity contribution in [2.24, 2.45) is 5.73 Å². The SMILES string of the molecule is CCCC[C@@H](N)c1c(F)c(F)cc(F)c1F. The lowest BCUT2D eigenvalue weighted by molar-refractivity contribution is 0.420. The molecule has 0 aliphatic rings. The van der Waals surface area contributed by atoms with Gasteiger partial charge >= 0.3 is 0 Å². The lowest BCUT2D eigenvalue weighted by atomic mass is 10.0. The largest absolute Gasteiger partial charge is 0.324 e. The molecule has 1 aromatic rings. The first-order valence-corrected chi connectivity index (χ1v) is 5.07. The van der Waals surface area contributed by atoms with E-state index in [0.29, 0.717) is 6.42 Å². The summed E-state index contributed by atoms with van der Waals surface area (Å²) in [5.41, 5.74) is 4.80. The summed E-state index contributed by atoms with van der Waals surface area (Å²) in [6, 6.07) is -0.842. The number of hydrogen-bond acceptors (Lipinski definition) is 1. The molecular weight excluding hydrogens is 222 g/mol. The number of benzene rings is 1. The molecule has 0 heterocycles. The van der Waals surface area contributed by atoms with Crippen LogP contribution in [0.3, 0.4) is 0 Å². The van der Waals surface area contributed by atoms with Gasteiger partial charge in [0.15, 0.2) is 23.3 Å². The maximum atomic E-state index is 13.3. The smallest absolute Gasteiger partial charge is 0.166 e. The maximum absolute atomic E-state index is 13.3. The van der Waals surface area contributed by atoms with E-state index < -0.39 is 34.9 Å². The second-order valence-corrected chi connectivity index (χ2v) is 3.63. The average Bonchev–Trinajstić information content (AvgIpc) is 2.24. The van der Waals surface area contributed by atoms with Crippen molar-refractivity contribution in [1.82, 2.24) is 0 Å². The van der Waals surface area contributed by atoms with E-state index in [1.165, 1.54) is 0 Å². The van der Waals surface area contributed by atoms with E-state index in [-0.39, 0.29) is 12.5 Å². The zero-order valence-corrected chi connectivity index (χ0v) is 8.87. The Bertz CT molecular complexity index is 352. The van der Waals surface area contributed by atoms with Gasteiger partial charge in [-0.2, -0.15) is 0 Å². The zero-order chi connectivity index (χ0) is 12.3. The van der Waals surface area contributed by atoms with Crippen LogP contribution in [0.15, 0.2) is 6.07 Å². The molecule has 1 aromatic carbocycles. The second kappa shape index (κ2) is 5.30. The number of nitrogens with two attached hydrogens (primary N) is 1. The summed E-state index contributed by atoms with van der Waals surface area (Å²) in [7, 11) is 0. The quantitative estimate of drug-likeness (QED) is 0.628. The molecule has 1 atom stereocenters. The van der Waals surface area contributed by atoms with Crippen LogP contribution in [0, 0.1) is 23.3 Å². The fourth-order valence-electron chi connectivity index (χ4n) is 1.49. The van der Waals surface area contributed by atoms with E-state index in [9.17, 15) is 17.6 Å². The third-order valence-corrected chi connectivity index (χ3v) is 2.39. The van der Waals surface area contributed by atoms with Crippen molar-refractivity contribution < 1.29 is 17.6 Å². The van der Waals surface area contributed by atoms with Crippen molar-refractivity contribution in [2.75, 3.05) is 0 Å². The Balaban J connectivity index is 3.11. The van der Waals surface area contributed by atoms with Gasteiger partial charge in [0.1, 0.15) is 0 Å². The van der Waals surface area contributed by atoms with Crippen LogP contribution in [0.5, 0.6) is 0 Å². The molecular formula is C11H13F4N. The summed E-state index contributed by atoms with van der Waals surface area (Å²) in [6.45, 7) is 1.88. The normalized spacial score (nSPS) is 12.9. The predicted molar refractivity (Wildman–Crippen MR) is 52.7 cm³/mol. The van der Waals surface area contributed by atoms with Crippen LogP contribution in [-0.4, -0.2) is 0 Å². The van der Waals surface area contributed by atoms with Crippen LogP contribution in [0.1, 0.15) is 37.8 Å². The molecule has 16 heavy (non-hydrogen) atoms. The molecule has 0 aliphatic carbocycles. The fraction of sp³-hybridized carbons (Fsp3) is 0.455. The highest BCUT2D eigenvalue weighted by Crippen LogP contribution is 2.26. The van der Waals surface area contributed by atoms with Crippen molar-refractivity contribution >= 4 is 0 Å². The van der Waals surface area contributed by atoms with Crippen LogP contribution < -0.4 is 5.73 Å². The summed E-state index contributed by atoms with van der Waals surface area (Å²) >= 11 is 0. The van der Waals surface area contributed by atoms with Gasteiger partial charge < -0.3 is 5.73 Å². The minimum atomic E-state index is -1.42. The Morgan fingerprint density at radius 1 is 1.12 bits per heavy atom. The summed E-state index contributed by atoms with van der Waals surface area (Å²) in [6.07, 6.45) is 1.71. The molecule has 0 amide bonds. The van der Waals surface area contributed by atoms with E-state index in [4.69, 9.17) is 5.73 Å². The topological polar surface area (TPSA) is 26.0 Å². The van der Waals surface area contributed by atoms with Gasteiger partial charge in [-0.3, -0.25) is 0 Å². The van der Waals surface area contributed by atoms with Gasteiger partial charge in [-0.25, -0.2) is 17.6 Å². The Kier molecular flexibility index (Phi) is 4.29. The van der Waals surface area contributed by atoms with Gasteiger partial charge in [-0.15, -0.1) is 0 Å². The molecule has 2 N–H and O–H groups in total. The van der Waals surface area contributed by atoms with E-state index in [0.717, 1.165) is 6.42 Å². The fourth-order valence-corrected chi connectivity index (χ4v) is 1.49. The summed E-state index contributed by atoms with van der Waals surface area (Å²) in [5.74, 6) is -5.63. The summed E-state index contributed by atoms with van der Waals surface area (Å²) in [4.78, 5) is 0. The Hall–Kier alpha value is -1.10. The lowest BCUT2D eigenvalue weighted by Gasteiger charge is -2.14. The molecule has 1 nitrogen and oxygen atoms in total. The first-order chi connectivity index (χ1) is 7.49. The monoisotopic (exact) mass is 235 g/mol. The number of hydrogen-bond donors (Lipinski definition) is 1. The van der Waals surface area contributed by atoms with Gasteiger partial charge in [-0.05, 0) is 6.42 Å². The molecule has 0 saturated carbocycles. The first kappa shape index (κ1) is 13.0. The van der Waals surface area contributed by atoms with Crippen LogP contribution >= 0.6 is 0 Å². The van der Waals surface area contributed by atoms with Crippen molar-refractivity contribution in [1.29, 1.82) is 0 Å². The number of unbranched alkanes of at least 4 members (excludes halogenated alkanes) is 1. The van der Waals surface area contributed by atoms with Crippen LogP contribution in [0.4, 0.5) is 17.6 Å². The summed E-state index contributed by atoms with van der Waals surface area (Å²) < 4.78 is 52.2. The average molecular weight is 235 g/mol. The molecule has 0 fully saturated rings. The molecule has 0 radical (unpaired) electrons. The van der Waals surface area contributed by atoms with E-state index in [2.05, 4.69) is 0 Å². The maximum Gasteiger partial charge on any atom is 0.166 e. The third-order valence-electron chi connectivity index (χ3n) is 2.39. The van der Waals surface area contributed by atoms with Crippen molar-refractivity contribution in [3.8, 4) is 0 Å². The van der Waals surface area contributed by atoms with Crippen LogP contribution in [-0.2, 0) is 0 Å². The lowest BCUT2D eigenvalue weighted by Crippen LogP contribution is -2.16. The minimum absolute atomic E-state index is 0.181. The minimum Gasteiger partial charge on any atom is -0.324 e. The van der Waals surface area contributed by atoms with Gasteiger partial charge in [0, 0.05) is 17.7 Å². The first-order valence-electron chi connectivity index (χ1n) is 5.07. The van der Waals surface area contributed by atoms with Gasteiger partial charge in [0.2, 0.25) is 0 Å². The van der Waals surface area contributed by atoms with E-state index in [1.807, 2.05) is 6.92 Å². The molecule has 5 heteroatoms. The highest BCUT2D eigenvalue weighted by Gasteiger charge is 2.23. The highest BCUT2D eigenvalue weighted by molar-refractivity contribution is 5.25. The molecule has 0 bridgehead atoms. The third kappa shape index (κ3) is 2.52. The predicted octanol–water partition coefficient (Wildman–Crippen LogP) is 3.43. The van der Waals surface area contributed by atoms with E-state index >= 15 is 0 Å². The van der Waals surface area contributed by atoms with E-state index in [1.54, 1.807) is 0 Å². The number of halogens is 4. The van der Waals surface area contributed by atoms with Crippen molar-refractivity contribution in [2.45, 2.75) is 32.2 Å². The van der Waals surface area contributed by atoms with Crippen molar-refractivity contribution in [3.05, 3.63) is 34.9 Å². The second-order valence-electron chi connectivity index (χ2n) is 3.63. The Labute approximate surface area is 91.3 Å². The molecule has 0 aliphatic heterocycles. The number of rotatable bonds is 4. The van der Waals surface area contributed by atoms with Crippen LogP contribution in [0.25, 0.3) is 0 Å². The molecule has 0 spiro atoms. The van der Waals surface area contributed by atoms with Gasteiger partial charge in [0.05, 0.1) is 0 Å². The van der Waals surface area contributed by atoms with Crippen molar-refractivity contribution in [3.63, 3.8) is 0 Å². The Morgan fingerprint density at radius 2 is 1.62 bits per heavy atom.